The highest BCUT2D eigenvalue weighted by Gasteiger charge is 2.07. The Morgan fingerprint density at radius 2 is 2.10 bits per heavy atom. The molecule has 1 rings (SSSR count). The summed E-state index contributed by atoms with van der Waals surface area (Å²) in [6.07, 6.45) is 0.479. The molecule has 1 aromatic carbocycles. The molecule has 0 aliphatic carbocycles. The van der Waals surface area contributed by atoms with Gasteiger partial charge in [-0.2, -0.15) is 0 Å². The first kappa shape index (κ1) is 16.9. The van der Waals surface area contributed by atoms with Crippen LogP contribution in [0.2, 0.25) is 0 Å². The van der Waals surface area contributed by atoms with E-state index in [9.17, 15) is 8.42 Å². The van der Waals surface area contributed by atoms with Crippen molar-refractivity contribution in [1.82, 2.24) is 0 Å². The van der Waals surface area contributed by atoms with E-state index in [0.29, 0.717) is 18.8 Å². The van der Waals surface area contributed by atoms with E-state index in [1.165, 1.54) is 0 Å². The summed E-state index contributed by atoms with van der Waals surface area (Å²) >= 11 is 5.56. The number of sulfone groups is 1. The van der Waals surface area contributed by atoms with Gasteiger partial charge in [-0.05, 0) is 31.0 Å². The van der Waals surface area contributed by atoms with E-state index in [-0.39, 0.29) is 17.4 Å². The fourth-order valence-corrected chi connectivity index (χ4v) is 2.51. The highest BCUT2D eigenvalue weighted by atomic mass is 35.5. The number of alkyl halides is 1. The fourth-order valence-electron chi connectivity index (χ4n) is 1.60. The predicted octanol–water partition coefficient (Wildman–Crippen LogP) is 2.79. The molecule has 5 heteroatoms. The minimum atomic E-state index is -2.93. The molecule has 0 aliphatic rings. The maximum absolute atomic E-state index is 11.4. The lowest BCUT2D eigenvalue weighted by Crippen LogP contribution is -2.12. The molecule has 0 fully saturated rings. The Hall–Kier alpha value is -1.18. The molecule has 0 unspecified atom stereocenters. The van der Waals surface area contributed by atoms with Crippen LogP contribution in [0.25, 0.3) is 0 Å². The van der Waals surface area contributed by atoms with Crippen LogP contribution in [0.3, 0.4) is 0 Å². The maximum atomic E-state index is 11.4. The van der Waals surface area contributed by atoms with Gasteiger partial charge in [-0.3, -0.25) is 0 Å². The van der Waals surface area contributed by atoms with E-state index in [1.54, 1.807) is 6.92 Å². The number of ether oxygens (including phenoxy) is 1. The summed E-state index contributed by atoms with van der Waals surface area (Å²) in [4.78, 5) is 0. The first-order chi connectivity index (χ1) is 9.48. The monoisotopic (exact) mass is 314 g/mol. The number of hydrogen-bond acceptors (Lipinski definition) is 3. The summed E-state index contributed by atoms with van der Waals surface area (Å²) in [5, 5.41) is 0. The van der Waals surface area contributed by atoms with E-state index in [2.05, 4.69) is 11.8 Å². The zero-order valence-electron chi connectivity index (χ0n) is 11.8. The molecular weight excluding hydrogens is 296 g/mol. The van der Waals surface area contributed by atoms with Gasteiger partial charge in [-0.15, -0.1) is 11.6 Å². The van der Waals surface area contributed by atoms with Crippen molar-refractivity contribution in [3.63, 3.8) is 0 Å². The Bertz CT molecular complexity index is 597. The second-order valence-electron chi connectivity index (χ2n) is 4.37. The van der Waals surface area contributed by atoms with Crippen LogP contribution >= 0.6 is 11.6 Å². The summed E-state index contributed by atoms with van der Waals surface area (Å²) in [5.74, 6) is 7.00. The number of halogens is 1. The Kier molecular flexibility index (Phi) is 6.90. The third kappa shape index (κ3) is 5.85. The lowest BCUT2D eigenvalue weighted by Gasteiger charge is -2.09. The smallest absolute Gasteiger partial charge is 0.150 e. The lowest BCUT2D eigenvalue weighted by atomic mass is 10.1. The first-order valence-corrected chi connectivity index (χ1v) is 8.83. The van der Waals surface area contributed by atoms with Crippen LogP contribution in [0, 0.1) is 18.8 Å². The number of hydrogen-bond donors (Lipinski definition) is 0. The average molecular weight is 315 g/mol. The first-order valence-electron chi connectivity index (χ1n) is 6.47. The van der Waals surface area contributed by atoms with Crippen LogP contribution in [0.15, 0.2) is 18.2 Å². The largest absolute Gasteiger partial charge is 0.492 e. The van der Waals surface area contributed by atoms with Gasteiger partial charge in [0.2, 0.25) is 0 Å². The minimum absolute atomic E-state index is 0.151. The van der Waals surface area contributed by atoms with Gasteiger partial charge in [0.1, 0.15) is 15.6 Å². The lowest BCUT2D eigenvalue weighted by molar-refractivity contribution is 0.317. The van der Waals surface area contributed by atoms with Crippen LogP contribution in [0.1, 0.15) is 24.5 Å². The number of benzene rings is 1. The molecule has 0 aliphatic heterocycles. The Labute approximate surface area is 126 Å². The topological polar surface area (TPSA) is 43.4 Å². The third-order valence-electron chi connectivity index (χ3n) is 2.72. The van der Waals surface area contributed by atoms with Crippen LogP contribution in [-0.2, 0) is 9.84 Å². The maximum Gasteiger partial charge on any atom is 0.150 e. The van der Waals surface area contributed by atoms with Gasteiger partial charge < -0.3 is 4.74 Å². The van der Waals surface area contributed by atoms with E-state index >= 15 is 0 Å². The van der Waals surface area contributed by atoms with Crippen molar-refractivity contribution in [2.24, 2.45) is 0 Å². The molecule has 0 saturated carbocycles. The van der Waals surface area contributed by atoms with E-state index in [1.807, 2.05) is 25.1 Å². The van der Waals surface area contributed by atoms with Gasteiger partial charge in [0, 0.05) is 5.75 Å². The Morgan fingerprint density at radius 3 is 2.75 bits per heavy atom. The standard InChI is InChI=1S/C15H19ClO3S/c1-3-20(17,18)11-5-10-19-15-8-7-13(2)12-14(15)6-4-9-16/h7-8,12H,3,5,9-11H2,1-2H3. The molecule has 0 bridgehead atoms. The second-order valence-corrected chi connectivity index (χ2v) is 7.11. The van der Waals surface area contributed by atoms with Gasteiger partial charge in [-0.25, -0.2) is 8.42 Å². The van der Waals surface area contributed by atoms with Gasteiger partial charge in [-0.1, -0.05) is 24.8 Å². The minimum Gasteiger partial charge on any atom is -0.492 e. The molecule has 0 heterocycles. The molecule has 0 aromatic heterocycles. The molecule has 1 aromatic rings. The molecular formula is C15H19ClO3S. The molecule has 110 valence electrons. The number of aryl methyl sites for hydroxylation is 1. The van der Waals surface area contributed by atoms with Gasteiger partial charge >= 0.3 is 0 Å². The molecule has 0 radical (unpaired) electrons. The molecule has 0 atom stereocenters. The molecule has 3 nitrogen and oxygen atoms in total. The molecule has 0 saturated heterocycles. The summed E-state index contributed by atoms with van der Waals surface area (Å²) in [6, 6.07) is 5.71. The Balaban J connectivity index is 2.64. The van der Waals surface area contributed by atoms with E-state index < -0.39 is 9.84 Å². The zero-order chi connectivity index (χ0) is 15.0. The zero-order valence-corrected chi connectivity index (χ0v) is 13.4. The quantitative estimate of drug-likeness (QED) is 0.461. The predicted molar refractivity (Wildman–Crippen MR) is 83.2 cm³/mol. The summed E-state index contributed by atoms with van der Waals surface area (Å²) < 4.78 is 28.4. The summed E-state index contributed by atoms with van der Waals surface area (Å²) in [7, 11) is -2.93. The fraction of sp³-hybridized carbons (Fsp3) is 0.467. The van der Waals surface area contributed by atoms with Crippen molar-refractivity contribution in [3.8, 4) is 17.6 Å². The third-order valence-corrected chi connectivity index (χ3v) is 4.65. The molecule has 0 N–H and O–H groups in total. The average Bonchev–Trinajstić information content (AvgIpc) is 2.43. The van der Waals surface area contributed by atoms with E-state index in [0.717, 1.165) is 11.1 Å². The van der Waals surface area contributed by atoms with Crippen molar-refractivity contribution >= 4 is 21.4 Å². The van der Waals surface area contributed by atoms with Crippen molar-refractivity contribution < 1.29 is 13.2 Å². The van der Waals surface area contributed by atoms with Crippen LogP contribution in [0.5, 0.6) is 5.75 Å². The van der Waals surface area contributed by atoms with Crippen molar-refractivity contribution in [1.29, 1.82) is 0 Å². The summed E-state index contributed by atoms with van der Waals surface area (Å²) in [5.41, 5.74) is 1.87. The second kappa shape index (κ2) is 8.18. The van der Waals surface area contributed by atoms with Gasteiger partial charge in [0.25, 0.3) is 0 Å². The highest BCUT2D eigenvalue weighted by molar-refractivity contribution is 7.91. The SMILES string of the molecule is CCS(=O)(=O)CCCOc1ccc(C)cc1C#CCCl. The normalized spacial score (nSPS) is 10.8. The van der Waals surface area contributed by atoms with Crippen molar-refractivity contribution in [2.45, 2.75) is 20.3 Å². The molecule has 0 spiro atoms. The van der Waals surface area contributed by atoms with Crippen molar-refractivity contribution in [3.05, 3.63) is 29.3 Å². The van der Waals surface area contributed by atoms with Crippen LogP contribution in [0.4, 0.5) is 0 Å². The van der Waals surface area contributed by atoms with Crippen LogP contribution in [-0.4, -0.2) is 32.4 Å². The van der Waals surface area contributed by atoms with Crippen molar-refractivity contribution in [2.75, 3.05) is 24.0 Å². The highest BCUT2D eigenvalue weighted by Crippen LogP contribution is 2.19. The molecule has 20 heavy (non-hydrogen) atoms. The summed E-state index contributed by atoms with van der Waals surface area (Å²) in [6.45, 7) is 3.98. The van der Waals surface area contributed by atoms with Crippen LogP contribution < -0.4 is 4.74 Å². The molecule has 0 amide bonds. The van der Waals surface area contributed by atoms with Gasteiger partial charge in [0.05, 0.1) is 23.8 Å². The van der Waals surface area contributed by atoms with E-state index in [4.69, 9.17) is 16.3 Å². The number of rotatable bonds is 6. The Morgan fingerprint density at radius 1 is 1.35 bits per heavy atom. The van der Waals surface area contributed by atoms with Gasteiger partial charge in [0.15, 0.2) is 0 Å².